The van der Waals surface area contributed by atoms with Crippen LogP contribution in [-0.2, 0) is 16.1 Å². The Bertz CT molecular complexity index is 416. The third-order valence-corrected chi connectivity index (χ3v) is 3.66. The van der Waals surface area contributed by atoms with Crippen LogP contribution in [-0.4, -0.2) is 16.9 Å². The molecule has 1 unspecified atom stereocenters. The number of nitrogens with zero attached hydrogens (tertiary/aromatic N) is 1. The number of hydrogen-bond donors (Lipinski definition) is 1. The van der Waals surface area contributed by atoms with E-state index in [2.05, 4.69) is 9.72 Å². The van der Waals surface area contributed by atoms with Crippen molar-refractivity contribution in [2.45, 2.75) is 31.8 Å². The Labute approximate surface area is 96.6 Å². The number of rotatable bonds is 3. The number of nitrogens with two attached hydrogens (primary N) is 1. The summed E-state index contributed by atoms with van der Waals surface area (Å²) in [6.07, 6.45) is 3.00. The van der Waals surface area contributed by atoms with Gasteiger partial charge in [-0.2, -0.15) is 0 Å². The molecule has 1 fully saturated rings. The van der Waals surface area contributed by atoms with Crippen molar-refractivity contribution in [3.63, 3.8) is 0 Å². The molecule has 1 amide bonds. The molecule has 6 heteroatoms. The van der Waals surface area contributed by atoms with Crippen molar-refractivity contribution in [2.75, 3.05) is 0 Å². The first-order chi connectivity index (χ1) is 7.65. The van der Waals surface area contributed by atoms with Crippen LogP contribution in [0.3, 0.4) is 0 Å². The lowest BCUT2D eigenvalue weighted by Gasteiger charge is -2.01. The topological polar surface area (TPSA) is 82.3 Å². The summed E-state index contributed by atoms with van der Waals surface area (Å²) in [4.78, 5) is 26.7. The summed E-state index contributed by atoms with van der Waals surface area (Å²) >= 11 is 1.48. The van der Waals surface area contributed by atoms with Gasteiger partial charge in [0.15, 0.2) is 0 Å². The van der Waals surface area contributed by atoms with E-state index in [9.17, 15) is 9.59 Å². The molecule has 86 valence electrons. The lowest BCUT2D eigenvalue weighted by Crippen LogP contribution is -2.12. The number of hydrogen-bond acceptors (Lipinski definition) is 5. The normalized spacial score (nSPS) is 20.0. The van der Waals surface area contributed by atoms with Gasteiger partial charge in [0.1, 0.15) is 12.4 Å². The van der Waals surface area contributed by atoms with Crippen molar-refractivity contribution in [1.82, 2.24) is 4.98 Å². The molecule has 1 heterocycles. The number of Topliss-reactive ketones (excluding diaryl/α,β-unsaturated/α-hetero) is 1. The highest BCUT2D eigenvalue weighted by molar-refractivity contribution is 7.11. The Morgan fingerprint density at radius 2 is 2.50 bits per heavy atom. The first-order valence-electron chi connectivity index (χ1n) is 5.03. The molecule has 0 aromatic carbocycles. The fourth-order valence-corrected chi connectivity index (χ4v) is 2.71. The summed E-state index contributed by atoms with van der Waals surface area (Å²) in [5.41, 5.74) is 4.87. The van der Waals surface area contributed by atoms with E-state index in [1.807, 2.05) is 0 Å². The van der Waals surface area contributed by atoms with Gasteiger partial charge < -0.3 is 10.5 Å². The molecule has 1 aliphatic carbocycles. The highest BCUT2D eigenvalue weighted by Gasteiger charge is 2.25. The first-order valence-corrected chi connectivity index (χ1v) is 5.85. The summed E-state index contributed by atoms with van der Waals surface area (Å²) in [5.74, 6) is 0.551. The number of aromatic nitrogens is 1. The molecule has 0 radical (unpaired) electrons. The summed E-state index contributed by atoms with van der Waals surface area (Å²) in [6.45, 7) is 0.160. The third kappa shape index (κ3) is 2.57. The molecule has 0 spiro atoms. The van der Waals surface area contributed by atoms with Crippen LogP contribution in [0.5, 0.6) is 0 Å². The van der Waals surface area contributed by atoms with E-state index >= 15 is 0 Å². The quantitative estimate of drug-likeness (QED) is 0.869. The lowest BCUT2D eigenvalue weighted by molar-refractivity contribution is -0.117. The molecule has 0 bridgehead atoms. The zero-order valence-electron chi connectivity index (χ0n) is 8.64. The number of ether oxygens (including phenoxy) is 1. The van der Waals surface area contributed by atoms with Crippen molar-refractivity contribution in [3.05, 3.63) is 16.1 Å². The molecule has 1 aromatic heterocycles. The largest absolute Gasteiger partial charge is 0.444 e. The number of primary amides is 1. The second-order valence-corrected chi connectivity index (χ2v) is 4.90. The third-order valence-electron chi connectivity index (χ3n) is 2.52. The average molecular weight is 240 g/mol. The molecule has 16 heavy (non-hydrogen) atoms. The van der Waals surface area contributed by atoms with Crippen LogP contribution in [0.15, 0.2) is 6.20 Å². The van der Waals surface area contributed by atoms with Crippen molar-refractivity contribution < 1.29 is 14.3 Å². The van der Waals surface area contributed by atoms with Crippen molar-refractivity contribution in [2.24, 2.45) is 5.73 Å². The van der Waals surface area contributed by atoms with Crippen molar-refractivity contribution in [3.8, 4) is 0 Å². The van der Waals surface area contributed by atoms with E-state index in [-0.39, 0.29) is 12.5 Å². The van der Waals surface area contributed by atoms with Crippen molar-refractivity contribution in [1.29, 1.82) is 0 Å². The zero-order valence-corrected chi connectivity index (χ0v) is 9.46. The van der Waals surface area contributed by atoms with E-state index in [0.29, 0.717) is 18.6 Å². The molecular formula is C10H12N2O3S. The van der Waals surface area contributed by atoms with Gasteiger partial charge in [-0.1, -0.05) is 0 Å². The van der Waals surface area contributed by atoms with Crippen LogP contribution in [0.1, 0.15) is 35.1 Å². The van der Waals surface area contributed by atoms with Gasteiger partial charge in [0.05, 0.1) is 9.88 Å². The van der Waals surface area contributed by atoms with Gasteiger partial charge in [-0.25, -0.2) is 9.78 Å². The molecule has 5 nitrogen and oxygen atoms in total. The Kier molecular flexibility index (Phi) is 3.19. The molecule has 1 atom stereocenters. The molecule has 1 aromatic rings. The van der Waals surface area contributed by atoms with E-state index in [1.54, 1.807) is 6.20 Å². The van der Waals surface area contributed by atoms with Gasteiger partial charge in [0.2, 0.25) is 0 Å². The van der Waals surface area contributed by atoms with Crippen molar-refractivity contribution >= 4 is 23.2 Å². The van der Waals surface area contributed by atoms with Gasteiger partial charge in [-0.05, 0) is 6.42 Å². The molecular weight excluding hydrogens is 228 g/mol. The van der Waals surface area contributed by atoms with Crippen LogP contribution >= 0.6 is 11.3 Å². The van der Waals surface area contributed by atoms with Gasteiger partial charge in [-0.15, -0.1) is 11.3 Å². The van der Waals surface area contributed by atoms with E-state index in [4.69, 9.17) is 5.73 Å². The molecule has 1 saturated carbocycles. The van der Waals surface area contributed by atoms with Crippen LogP contribution in [0, 0.1) is 0 Å². The molecule has 0 saturated heterocycles. The molecule has 2 N–H and O–H groups in total. The minimum atomic E-state index is -0.786. The number of ketones is 1. The van der Waals surface area contributed by atoms with Crippen LogP contribution in [0.25, 0.3) is 0 Å². The molecule has 1 aliphatic rings. The maximum atomic E-state index is 11.1. The predicted octanol–water partition coefficient (Wildman–Crippen LogP) is 1.58. The van der Waals surface area contributed by atoms with E-state index < -0.39 is 6.09 Å². The van der Waals surface area contributed by atoms with Gasteiger partial charge in [-0.3, -0.25) is 4.79 Å². The Morgan fingerprint density at radius 1 is 1.69 bits per heavy atom. The SMILES string of the molecule is NC(=O)OCc1cnc(C2CCC(=O)C2)s1. The number of carbonyl (C=O) groups excluding carboxylic acids is 2. The average Bonchev–Trinajstić information content (AvgIpc) is 2.83. The van der Waals surface area contributed by atoms with Gasteiger partial charge in [0.25, 0.3) is 0 Å². The number of carbonyl (C=O) groups is 2. The minimum absolute atomic E-state index is 0.160. The molecule has 2 rings (SSSR count). The Morgan fingerprint density at radius 3 is 3.12 bits per heavy atom. The first kappa shape index (κ1) is 11.1. The van der Waals surface area contributed by atoms with Gasteiger partial charge >= 0.3 is 6.09 Å². The van der Waals surface area contributed by atoms with E-state index in [1.165, 1.54) is 11.3 Å². The smallest absolute Gasteiger partial charge is 0.404 e. The standard InChI is InChI=1S/C10H12N2O3S/c11-10(14)15-5-8-4-12-9(16-8)6-1-2-7(13)3-6/h4,6H,1-3,5H2,(H2,11,14). The van der Waals surface area contributed by atoms with E-state index in [0.717, 1.165) is 16.3 Å². The number of amides is 1. The summed E-state index contributed by atoms with van der Waals surface area (Å²) < 4.78 is 4.67. The molecule has 0 aliphatic heterocycles. The summed E-state index contributed by atoms with van der Waals surface area (Å²) in [7, 11) is 0. The predicted molar refractivity (Wildman–Crippen MR) is 58.1 cm³/mol. The fraction of sp³-hybridized carbons (Fsp3) is 0.500. The van der Waals surface area contributed by atoms with Crippen LogP contribution < -0.4 is 5.73 Å². The highest BCUT2D eigenvalue weighted by Crippen LogP contribution is 2.34. The monoisotopic (exact) mass is 240 g/mol. The summed E-state index contributed by atoms with van der Waals surface area (Å²) in [6, 6.07) is 0. The maximum Gasteiger partial charge on any atom is 0.404 e. The minimum Gasteiger partial charge on any atom is -0.444 e. The second-order valence-electron chi connectivity index (χ2n) is 3.75. The Hall–Kier alpha value is -1.43. The number of thiazole rings is 1. The highest BCUT2D eigenvalue weighted by atomic mass is 32.1. The zero-order chi connectivity index (χ0) is 11.5. The van der Waals surface area contributed by atoms with Crippen LogP contribution in [0.4, 0.5) is 4.79 Å². The second kappa shape index (κ2) is 4.61. The fourth-order valence-electron chi connectivity index (χ4n) is 1.75. The Balaban J connectivity index is 1.96. The summed E-state index contributed by atoms with van der Waals surface area (Å²) in [5, 5.41) is 0.953. The van der Waals surface area contributed by atoms with Gasteiger partial charge in [0, 0.05) is 25.0 Å². The van der Waals surface area contributed by atoms with Crippen LogP contribution in [0.2, 0.25) is 0 Å². The lowest BCUT2D eigenvalue weighted by atomic mass is 10.1. The maximum absolute atomic E-state index is 11.1.